The lowest BCUT2D eigenvalue weighted by molar-refractivity contribution is 0.361. The fourth-order valence-electron chi connectivity index (χ4n) is 2.25. The van der Waals surface area contributed by atoms with Crippen LogP contribution in [0.25, 0.3) is 0 Å². The number of aryl methyl sites for hydroxylation is 1. The maximum Gasteiger partial charge on any atom is 0.0400 e. The Hall–Kier alpha value is -1.09. The van der Waals surface area contributed by atoms with Crippen molar-refractivity contribution < 1.29 is 0 Å². The molecule has 0 atom stereocenters. The number of anilines is 1. The SMILES string of the molecule is Cc1cnccc1NCCC1CCNCC1. The van der Waals surface area contributed by atoms with E-state index in [0.29, 0.717) is 0 Å². The monoisotopic (exact) mass is 219 g/mol. The van der Waals surface area contributed by atoms with Crippen LogP contribution in [0.2, 0.25) is 0 Å². The third kappa shape index (κ3) is 3.20. The van der Waals surface area contributed by atoms with Gasteiger partial charge in [0.15, 0.2) is 0 Å². The van der Waals surface area contributed by atoms with Gasteiger partial charge in [-0.05, 0) is 56.8 Å². The second-order valence-electron chi connectivity index (χ2n) is 4.60. The molecule has 88 valence electrons. The molecule has 0 bridgehead atoms. The lowest BCUT2D eigenvalue weighted by Crippen LogP contribution is -2.28. The number of hydrogen-bond acceptors (Lipinski definition) is 3. The minimum atomic E-state index is 0.899. The van der Waals surface area contributed by atoms with E-state index in [1.807, 2.05) is 12.4 Å². The summed E-state index contributed by atoms with van der Waals surface area (Å²) in [6.45, 7) is 5.56. The quantitative estimate of drug-likeness (QED) is 0.815. The van der Waals surface area contributed by atoms with E-state index in [0.717, 1.165) is 12.5 Å². The first-order valence-corrected chi connectivity index (χ1v) is 6.21. The molecule has 1 aromatic heterocycles. The van der Waals surface area contributed by atoms with E-state index in [1.54, 1.807) is 0 Å². The highest BCUT2D eigenvalue weighted by molar-refractivity contribution is 5.48. The highest BCUT2D eigenvalue weighted by atomic mass is 14.9. The molecule has 2 heterocycles. The predicted octanol–water partition coefficient (Wildman–Crippen LogP) is 2.19. The predicted molar refractivity (Wildman–Crippen MR) is 67.7 cm³/mol. The minimum absolute atomic E-state index is 0.899. The van der Waals surface area contributed by atoms with Crippen molar-refractivity contribution in [1.82, 2.24) is 10.3 Å². The van der Waals surface area contributed by atoms with Gasteiger partial charge in [0.25, 0.3) is 0 Å². The standard InChI is InChI=1S/C13H21N3/c1-11-10-15-8-5-13(11)16-9-4-12-2-6-14-7-3-12/h5,8,10,12,14H,2-4,6-7,9H2,1H3,(H,15,16). The molecule has 16 heavy (non-hydrogen) atoms. The van der Waals surface area contributed by atoms with Crippen LogP contribution in [0.15, 0.2) is 18.5 Å². The molecule has 0 aliphatic carbocycles. The van der Waals surface area contributed by atoms with Crippen molar-refractivity contribution in [3.8, 4) is 0 Å². The van der Waals surface area contributed by atoms with Gasteiger partial charge < -0.3 is 10.6 Å². The van der Waals surface area contributed by atoms with E-state index in [4.69, 9.17) is 0 Å². The number of aromatic nitrogens is 1. The molecule has 2 N–H and O–H groups in total. The van der Waals surface area contributed by atoms with Crippen LogP contribution in [-0.4, -0.2) is 24.6 Å². The van der Waals surface area contributed by atoms with Gasteiger partial charge in [0.2, 0.25) is 0 Å². The summed E-state index contributed by atoms with van der Waals surface area (Å²) in [5.74, 6) is 0.899. The summed E-state index contributed by atoms with van der Waals surface area (Å²) in [5, 5.41) is 6.90. The number of nitrogens with one attached hydrogen (secondary N) is 2. The number of rotatable bonds is 4. The Kier molecular flexibility index (Phi) is 4.17. The Morgan fingerprint density at radius 3 is 3.00 bits per heavy atom. The van der Waals surface area contributed by atoms with E-state index in [9.17, 15) is 0 Å². The average Bonchev–Trinajstić information content (AvgIpc) is 2.33. The molecule has 1 saturated heterocycles. The number of pyridine rings is 1. The molecule has 0 saturated carbocycles. The van der Waals surface area contributed by atoms with Gasteiger partial charge in [-0.25, -0.2) is 0 Å². The summed E-state index contributed by atoms with van der Waals surface area (Å²) in [5.41, 5.74) is 2.46. The van der Waals surface area contributed by atoms with Crippen LogP contribution in [0.3, 0.4) is 0 Å². The van der Waals surface area contributed by atoms with Crippen LogP contribution in [-0.2, 0) is 0 Å². The molecule has 3 nitrogen and oxygen atoms in total. The zero-order valence-electron chi connectivity index (χ0n) is 10.00. The Labute approximate surface area is 97.7 Å². The van der Waals surface area contributed by atoms with Gasteiger partial charge in [-0.2, -0.15) is 0 Å². The van der Waals surface area contributed by atoms with Gasteiger partial charge >= 0.3 is 0 Å². The van der Waals surface area contributed by atoms with E-state index >= 15 is 0 Å². The average molecular weight is 219 g/mol. The maximum atomic E-state index is 4.09. The van der Waals surface area contributed by atoms with E-state index in [2.05, 4.69) is 28.6 Å². The molecule has 1 aliphatic rings. The van der Waals surface area contributed by atoms with Crippen molar-refractivity contribution in [2.75, 3.05) is 25.0 Å². The minimum Gasteiger partial charge on any atom is -0.385 e. The highest BCUT2D eigenvalue weighted by Crippen LogP contribution is 2.17. The van der Waals surface area contributed by atoms with Crippen molar-refractivity contribution >= 4 is 5.69 Å². The zero-order valence-corrected chi connectivity index (χ0v) is 10.00. The molecular weight excluding hydrogens is 198 g/mol. The van der Waals surface area contributed by atoms with Crippen LogP contribution < -0.4 is 10.6 Å². The Balaban J connectivity index is 1.73. The Morgan fingerprint density at radius 2 is 2.25 bits per heavy atom. The topological polar surface area (TPSA) is 37.0 Å². The molecule has 3 heteroatoms. The molecule has 0 spiro atoms. The summed E-state index contributed by atoms with van der Waals surface area (Å²) < 4.78 is 0. The van der Waals surface area contributed by atoms with Crippen LogP contribution >= 0.6 is 0 Å². The molecule has 0 aromatic carbocycles. The number of hydrogen-bond donors (Lipinski definition) is 2. The fourth-order valence-corrected chi connectivity index (χ4v) is 2.25. The Bertz CT molecular complexity index is 319. The summed E-state index contributed by atoms with van der Waals surface area (Å²) >= 11 is 0. The van der Waals surface area contributed by atoms with Crippen molar-refractivity contribution in [1.29, 1.82) is 0 Å². The molecule has 0 radical (unpaired) electrons. The molecule has 2 rings (SSSR count). The Morgan fingerprint density at radius 1 is 1.44 bits per heavy atom. The smallest absolute Gasteiger partial charge is 0.0400 e. The van der Waals surface area contributed by atoms with Gasteiger partial charge in [0.1, 0.15) is 0 Å². The molecule has 1 aliphatic heterocycles. The molecule has 0 amide bonds. The van der Waals surface area contributed by atoms with E-state index < -0.39 is 0 Å². The van der Waals surface area contributed by atoms with Crippen LogP contribution in [0.1, 0.15) is 24.8 Å². The van der Waals surface area contributed by atoms with Crippen molar-refractivity contribution in [3.05, 3.63) is 24.0 Å². The van der Waals surface area contributed by atoms with E-state index in [-0.39, 0.29) is 0 Å². The van der Waals surface area contributed by atoms with Gasteiger partial charge in [0.05, 0.1) is 0 Å². The summed E-state index contributed by atoms with van der Waals surface area (Å²) in [6.07, 6.45) is 7.70. The van der Waals surface area contributed by atoms with Crippen LogP contribution in [0.4, 0.5) is 5.69 Å². The summed E-state index contributed by atoms with van der Waals surface area (Å²) in [6, 6.07) is 2.05. The molecule has 1 aromatic rings. The first-order valence-electron chi connectivity index (χ1n) is 6.21. The third-order valence-electron chi connectivity index (χ3n) is 3.35. The molecule has 0 unspecified atom stereocenters. The van der Waals surface area contributed by atoms with Crippen LogP contribution in [0.5, 0.6) is 0 Å². The second-order valence-corrected chi connectivity index (χ2v) is 4.60. The normalized spacial score (nSPS) is 17.3. The van der Waals surface area contributed by atoms with E-state index in [1.165, 1.54) is 43.6 Å². The van der Waals surface area contributed by atoms with Gasteiger partial charge in [0, 0.05) is 24.6 Å². The largest absolute Gasteiger partial charge is 0.385 e. The van der Waals surface area contributed by atoms with Crippen molar-refractivity contribution in [2.45, 2.75) is 26.2 Å². The second kappa shape index (κ2) is 5.85. The number of piperidine rings is 1. The molecular formula is C13H21N3. The van der Waals surface area contributed by atoms with Crippen LogP contribution in [0, 0.1) is 12.8 Å². The lowest BCUT2D eigenvalue weighted by atomic mass is 9.95. The fraction of sp³-hybridized carbons (Fsp3) is 0.615. The maximum absolute atomic E-state index is 4.09. The zero-order chi connectivity index (χ0) is 11.2. The van der Waals surface area contributed by atoms with Gasteiger partial charge in [-0.1, -0.05) is 0 Å². The van der Waals surface area contributed by atoms with Gasteiger partial charge in [-0.3, -0.25) is 4.98 Å². The van der Waals surface area contributed by atoms with Crippen molar-refractivity contribution in [2.24, 2.45) is 5.92 Å². The number of nitrogens with zero attached hydrogens (tertiary/aromatic N) is 1. The third-order valence-corrected chi connectivity index (χ3v) is 3.35. The lowest BCUT2D eigenvalue weighted by Gasteiger charge is -2.22. The highest BCUT2D eigenvalue weighted by Gasteiger charge is 2.12. The first kappa shape index (κ1) is 11.4. The first-order chi connectivity index (χ1) is 7.86. The summed E-state index contributed by atoms with van der Waals surface area (Å²) in [7, 11) is 0. The van der Waals surface area contributed by atoms with Gasteiger partial charge in [-0.15, -0.1) is 0 Å². The van der Waals surface area contributed by atoms with Crippen molar-refractivity contribution in [3.63, 3.8) is 0 Å². The summed E-state index contributed by atoms with van der Waals surface area (Å²) in [4.78, 5) is 4.09. The molecule has 1 fully saturated rings.